The molecular weight excluding hydrogens is 181 g/mol. The average molecular weight is 195 g/mol. The van der Waals surface area contributed by atoms with Crippen molar-refractivity contribution in [2.24, 2.45) is 0 Å². The molecule has 0 spiro atoms. The summed E-state index contributed by atoms with van der Waals surface area (Å²) in [6.45, 7) is 2.09. The minimum absolute atomic E-state index is 0.0485. The molecule has 0 heterocycles. The van der Waals surface area contributed by atoms with Crippen molar-refractivity contribution in [1.29, 1.82) is 0 Å². The zero-order chi connectivity index (χ0) is 9.52. The van der Waals surface area contributed by atoms with E-state index in [9.17, 15) is 4.57 Å². The van der Waals surface area contributed by atoms with Gasteiger partial charge in [0.25, 0.3) is 0 Å². The van der Waals surface area contributed by atoms with Crippen molar-refractivity contribution < 1.29 is 4.57 Å². The third-order valence-corrected chi connectivity index (χ3v) is 2.44. The van der Waals surface area contributed by atoms with Gasteiger partial charge in [0.2, 0.25) is 0 Å². The molecule has 70 valence electrons. The summed E-state index contributed by atoms with van der Waals surface area (Å²) in [7, 11) is 0.174. The van der Waals surface area contributed by atoms with Crippen LogP contribution >= 0.6 is 8.46 Å². The second-order valence-corrected chi connectivity index (χ2v) is 3.75. The highest BCUT2D eigenvalue weighted by molar-refractivity contribution is 7.24. The molecule has 1 atom stereocenters. The summed E-state index contributed by atoms with van der Waals surface area (Å²) >= 11 is 0. The van der Waals surface area contributed by atoms with E-state index in [4.69, 9.17) is 0 Å². The molecule has 0 aliphatic heterocycles. The van der Waals surface area contributed by atoms with Crippen molar-refractivity contribution in [2.75, 3.05) is 5.32 Å². The fourth-order valence-electron chi connectivity index (χ4n) is 1.15. The minimum atomic E-state index is 0.0485. The fourth-order valence-corrected chi connectivity index (χ4v) is 1.72. The molecule has 1 unspecified atom stereocenters. The fraction of sp³-hybridized carbons (Fsp3) is 0.400. The average Bonchev–Trinajstić information content (AvgIpc) is 2.19. The number of para-hydroxylation sites is 1. The standard InChI is InChI=1S/C10H14NOP/c1-2-6-10(13-12)11-9-7-4-3-5-8-9/h3-5,7-8,10-11H,2,6H2,1H3. The molecule has 0 amide bonds. The number of nitrogens with one attached hydrogen (secondary N) is 1. The van der Waals surface area contributed by atoms with E-state index in [-0.39, 0.29) is 14.2 Å². The van der Waals surface area contributed by atoms with Crippen LogP contribution in [0.25, 0.3) is 0 Å². The number of hydrogen-bond acceptors (Lipinski definition) is 2. The first-order valence-electron chi connectivity index (χ1n) is 4.51. The molecule has 1 aromatic carbocycles. The lowest BCUT2D eigenvalue weighted by atomic mass is 10.3. The first-order valence-corrected chi connectivity index (χ1v) is 5.39. The van der Waals surface area contributed by atoms with E-state index < -0.39 is 0 Å². The lowest BCUT2D eigenvalue weighted by Crippen LogP contribution is -2.11. The van der Waals surface area contributed by atoms with Gasteiger partial charge in [0.15, 0.2) is 8.46 Å². The van der Waals surface area contributed by atoms with Gasteiger partial charge in [-0.1, -0.05) is 31.5 Å². The molecule has 2 nitrogen and oxygen atoms in total. The summed E-state index contributed by atoms with van der Waals surface area (Å²) in [5, 5.41) is 3.20. The molecule has 0 aromatic heterocycles. The van der Waals surface area contributed by atoms with Gasteiger partial charge in [-0.25, -0.2) is 0 Å². The maximum Gasteiger partial charge on any atom is 0.180 e. The third-order valence-electron chi connectivity index (χ3n) is 1.80. The molecule has 0 bridgehead atoms. The van der Waals surface area contributed by atoms with Gasteiger partial charge in [0.05, 0.1) is 0 Å². The van der Waals surface area contributed by atoms with Gasteiger partial charge in [0.1, 0.15) is 5.78 Å². The molecule has 0 aliphatic carbocycles. The molecule has 1 aromatic rings. The van der Waals surface area contributed by atoms with Crippen LogP contribution in [0.4, 0.5) is 5.69 Å². The van der Waals surface area contributed by atoms with Crippen molar-refractivity contribution in [3.8, 4) is 0 Å². The van der Waals surface area contributed by atoms with Crippen LogP contribution in [-0.4, -0.2) is 5.78 Å². The molecule has 0 radical (unpaired) electrons. The SMILES string of the molecule is CCCC(Nc1ccccc1)P=O. The van der Waals surface area contributed by atoms with E-state index in [1.54, 1.807) is 0 Å². The Hall–Kier alpha value is -0.880. The topological polar surface area (TPSA) is 29.1 Å². The van der Waals surface area contributed by atoms with E-state index in [0.29, 0.717) is 0 Å². The van der Waals surface area contributed by atoms with Crippen molar-refractivity contribution in [1.82, 2.24) is 0 Å². The predicted octanol–water partition coefficient (Wildman–Crippen LogP) is 3.52. The van der Waals surface area contributed by atoms with Crippen molar-refractivity contribution in [3.63, 3.8) is 0 Å². The molecule has 0 saturated heterocycles. The smallest absolute Gasteiger partial charge is 0.180 e. The molecule has 0 aliphatic rings. The monoisotopic (exact) mass is 195 g/mol. The number of rotatable bonds is 5. The summed E-state index contributed by atoms with van der Waals surface area (Å²) < 4.78 is 10.7. The maximum absolute atomic E-state index is 10.7. The van der Waals surface area contributed by atoms with E-state index in [1.165, 1.54) is 0 Å². The Morgan fingerprint density at radius 3 is 2.62 bits per heavy atom. The molecule has 0 saturated carbocycles. The lowest BCUT2D eigenvalue weighted by molar-refractivity contribution is 0.589. The van der Waals surface area contributed by atoms with Crippen LogP contribution in [0.15, 0.2) is 30.3 Å². The molecule has 1 rings (SSSR count). The van der Waals surface area contributed by atoms with Crippen LogP contribution in [0.2, 0.25) is 0 Å². The van der Waals surface area contributed by atoms with Gasteiger partial charge in [0, 0.05) is 5.69 Å². The highest BCUT2D eigenvalue weighted by Crippen LogP contribution is 2.17. The number of hydrogen-bond donors (Lipinski definition) is 1. The van der Waals surface area contributed by atoms with E-state index >= 15 is 0 Å². The molecule has 1 N–H and O–H groups in total. The quantitative estimate of drug-likeness (QED) is 0.728. The summed E-state index contributed by atoms with van der Waals surface area (Å²) in [6.07, 6.45) is 1.97. The van der Waals surface area contributed by atoms with Gasteiger partial charge in [-0.3, -0.25) is 4.57 Å². The predicted molar refractivity (Wildman–Crippen MR) is 56.4 cm³/mol. The maximum atomic E-state index is 10.7. The van der Waals surface area contributed by atoms with Gasteiger partial charge in [-0.2, -0.15) is 0 Å². The number of anilines is 1. The first kappa shape index (κ1) is 10.2. The summed E-state index contributed by atoms with van der Waals surface area (Å²) in [5.41, 5.74) is 1.03. The Morgan fingerprint density at radius 2 is 2.08 bits per heavy atom. The Balaban J connectivity index is 2.51. The summed E-state index contributed by atoms with van der Waals surface area (Å²) in [4.78, 5) is 0. The van der Waals surface area contributed by atoms with Crippen LogP contribution < -0.4 is 5.32 Å². The molecule has 13 heavy (non-hydrogen) atoms. The third kappa shape index (κ3) is 3.56. The van der Waals surface area contributed by atoms with E-state index in [2.05, 4.69) is 12.2 Å². The Labute approximate surface area is 80.6 Å². The van der Waals surface area contributed by atoms with Crippen molar-refractivity contribution >= 4 is 14.1 Å². The Morgan fingerprint density at radius 1 is 1.38 bits per heavy atom. The Kier molecular flexibility index (Phi) is 4.48. The summed E-state index contributed by atoms with van der Waals surface area (Å²) in [5.74, 6) is 0.0485. The van der Waals surface area contributed by atoms with E-state index in [0.717, 1.165) is 18.5 Å². The Bertz CT molecular complexity index is 250. The van der Waals surface area contributed by atoms with Crippen LogP contribution in [0.1, 0.15) is 19.8 Å². The second-order valence-electron chi connectivity index (χ2n) is 2.92. The molecular formula is C10H14NOP. The zero-order valence-corrected chi connectivity index (χ0v) is 8.63. The number of benzene rings is 1. The van der Waals surface area contributed by atoms with Crippen molar-refractivity contribution in [2.45, 2.75) is 25.5 Å². The highest BCUT2D eigenvalue weighted by atomic mass is 31.1. The van der Waals surface area contributed by atoms with E-state index in [1.807, 2.05) is 30.3 Å². The van der Waals surface area contributed by atoms with Crippen LogP contribution in [0, 0.1) is 0 Å². The van der Waals surface area contributed by atoms with Crippen LogP contribution in [0.5, 0.6) is 0 Å². The van der Waals surface area contributed by atoms with Crippen LogP contribution in [0.3, 0.4) is 0 Å². The summed E-state index contributed by atoms with van der Waals surface area (Å²) in [6, 6.07) is 9.86. The molecule has 0 fully saturated rings. The van der Waals surface area contributed by atoms with Gasteiger partial charge < -0.3 is 5.32 Å². The second kappa shape index (κ2) is 5.71. The van der Waals surface area contributed by atoms with Gasteiger partial charge in [-0.15, -0.1) is 0 Å². The minimum Gasteiger partial charge on any atom is -0.372 e. The lowest BCUT2D eigenvalue weighted by Gasteiger charge is -2.11. The normalized spacial score (nSPS) is 12.7. The molecule has 3 heteroatoms. The largest absolute Gasteiger partial charge is 0.372 e. The zero-order valence-electron chi connectivity index (χ0n) is 7.73. The van der Waals surface area contributed by atoms with Crippen molar-refractivity contribution in [3.05, 3.63) is 30.3 Å². The first-order chi connectivity index (χ1) is 6.36. The highest BCUT2D eigenvalue weighted by Gasteiger charge is 2.05. The van der Waals surface area contributed by atoms with Gasteiger partial charge in [-0.05, 0) is 18.6 Å². The van der Waals surface area contributed by atoms with Gasteiger partial charge >= 0.3 is 0 Å². The van der Waals surface area contributed by atoms with Crippen LogP contribution in [-0.2, 0) is 4.57 Å².